The molecule has 0 aromatic carbocycles. The predicted octanol–water partition coefficient (Wildman–Crippen LogP) is 2.35. The van der Waals surface area contributed by atoms with Crippen LogP contribution in [0, 0.1) is 0 Å². The van der Waals surface area contributed by atoms with Gasteiger partial charge in [-0.25, -0.2) is 0 Å². The zero-order chi connectivity index (χ0) is 7.23. The SMILES string of the molecule is O=CCC=Cc1cccs1. The first-order valence-electron chi connectivity index (χ1n) is 3.07. The van der Waals surface area contributed by atoms with Crippen molar-refractivity contribution in [2.75, 3.05) is 0 Å². The fourth-order valence-corrected chi connectivity index (χ4v) is 1.27. The number of aldehydes is 1. The number of hydrogen-bond acceptors (Lipinski definition) is 2. The molecule has 0 bridgehead atoms. The van der Waals surface area contributed by atoms with Crippen LogP contribution in [0.25, 0.3) is 6.08 Å². The minimum Gasteiger partial charge on any atom is -0.303 e. The molecule has 0 N–H and O–H groups in total. The second kappa shape index (κ2) is 4.01. The Labute approximate surface area is 64.0 Å². The summed E-state index contributed by atoms with van der Waals surface area (Å²) in [5, 5.41) is 2.01. The first-order chi connectivity index (χ1) is 4.93. The van der Waals surface area contributed by atoms with Crippen LogP contribution in [0.4, 0.5) is 0 Å². The summed E-state index contributed by atoms with van der Waals surface area (Å²) in [6.07, 6.45) is 5.22. The third kappa shape index (κ3) is 2.15. The van der Waals surface area contributed by atoms with Gasteiger partial charge in [-0.15, -0.1) is 11.3 Å². The van der Waals surface area contributed by atoms with E-state index in [2.05, 4.69) is 0 Å². The number of thiophene rings is 1. The Morgan fingerprint density at radius 3 is 3.10 bits per heavy atom. The molecule has 0 saturated carbocycles. The molecule has 0 aliphatic carbocycles. The summed E-state index contributed by atoms with van der Waals surface area (Å²) in [5.41, 5.74) is 0. The molecule has 0 radical (unpaired) electrons. The van der Waals surface area contributed by atoms with Crippen molar-refractivity contribution in [2.45, 2.75) is 6.42 Å². The normalized spacial score (nSPS) is 10.4. The van der Waals surface area contributed by atoms with E-state index in [0.717, 1.165) is 6.29 Å². The molecule has 1 aromatic heterocycles. The largest absolute Gasteiger partial charge is 0.303 e. The summed E-state index contributed by atoms with van der Waals surface area (Å²) in [7, 11) is 0. The average Bonchev–Trinajstić information content (AvgIpc) is 2.41. The van der Waals surface area contributed by atoms with E-state index < -0.39 is 0 Å². The van der Waals surface area contributed by atoms with E-state index in [1.807, 2.05) is 29.7 Å². The highest BCUT2D eigenvalue weighted by Gasteiger charge is 1.82. The summed E-state index contributed by atoms with van der Waals surface area (Å²) in [4.78, 5) is 11.1. The molecule has 0 aliphatic rings. The van der Waals surface area contributed by atoms with Gasteiger partial charge in [-0.1, -0.05) is 12.1 Å². The highest BCUT2D eigenvalue weighted by Crippen LogP contribution is 2.09. The molecular weight excluding hydrogens is 144 g/mol. The number of carbonyl (C=O) groups is 1. The summed E-state index contributed by atoms with van der Waals surface area (Å²) in [6.45, 7) is 0. The Hall–Kier alpha value is -0.890. The maximum atomic E-state index is 9.89. The highest BCUT2D eigenvalue weighted by molar-refractivity contribution is 7.10. The first kappa shape index (κ1) is 7.22. The van der Waals surface area contributed by atoms with Gasteiger partial charge in [0.2, 0.25) is 0 Å². The molecule has 1 rings (SSSR count). The van der Waals surface area contributed by atoms with Gasteiger partial charge in [0.05, 0.1) is 0 Å². The molecule has 0 fully saturated rings. The fraction of sp³-hybridized carbons (Fsp3) is 0.125. The van der Waals surface area contributed by atoms with Gasteiger partial charge < -0.3 is 4.79 Å². The maximum absolute atomic E-state index is 9.89. The number of allylic oxidation sites excluding steroid dienone is 1. The lowest BCUT2D eigenvalue weighted by Crippen LogP contribution is -1.64. The molecule has 1 aromatic rings. The van der Waals surface area contributed by atoms with Crippen molar-refractivity contribution >= 4 is 23.7 Å². The lowest BCUT2D eigenvalue weighted by Gasteiger charge is -1.78. The summed E-state index contributed by atoms with van der Waals surface area (Å²) >= 11 is 1.67. The molecule has 0 amide bonds. The number of hydrogen-bond donors (Lipinski definition) is 0. The van der Waals surface area contributed by atoms with E-state index in [-0.39, 0.29) is 0 Å². The van der Waals surface area contributed by atoms with Crippen LogP contribution in [0.15, 0.2) is 23.6 Å². The minimum absolute atomic E-state index is 0.512. The highest BCUT2D eigenvalue weighted by atomic mass is 32.1. The lowest BCUT2D eigenvalue weighted by molar-refractivity contribution is -0.107. The van der Waals surface area contributed by atoms with Gasteiger partial charge in [-0.2, -0.15) is 0 Å². The average molecular weight is 152 g/mol. The third-order valence-corrected chi connectivity index (χ3v) is 1.90. The zero-order valence-electron chi connectivity index (χ0n) is 5.49. The van der Waals surface area contributed by atoms with Crippen LogP contribution in [-0.4, -0.2) is 6.29 Å². The van der Waals surface area contributed by atoms with Crippen molar-refractivity contribution in [1.82, 2.24) is 0 Å². The number of rotatable bonds is 3. The predicted molar refractivity (Wildman–Crippen MR) is 44.0 cm³/mol. The molecular formula is C8H8OS. The fourth-order valence-electron chi connectivity index (χ4n) is 0.626. The van der Waals surface area contributed by atoms with E-state index in [9.17, 15) is 4.79 Å². The molecule has 0 unspecified atom stereocenters. The van der Waals surface area contributed by atoms with Gasteiger partial charge in [-0.05, 0) is 17.5 Å². The van der Waals surface area contributed by atoms with Crippen molar-refractivity contribution < 1.29 is 4.79 Å². The number of carbonyl (C=O) groups excluding carboxylic acids is 1. The van der Waals surface area contributed by atoms with Gasteiger partial charge in [0.15, 0.2) is 0 Å². The molecule has 0 spiro atoms. The Morgan fingerprint density at radius 2 is 2.50 bits per heavy atom. The molecule has 52 valence electrons. The Balaban J connectivity index is 2.47. The van der Waals surface area contributed by atoms with Crippen LogP contribution in [0.1, 0.15) is 11.3 Å². The van der Waals surface area contributed by atoms with Crippen LogP contribution in [0.3, 0.4) is 0 Å². The summed E-state index contributed by atoms with van der Waals surface area (Å²) in [5.74, 6) is 0. The van der Waals surface area contributed by atoms with Crippen LogP contribution >= 0.6 is 11.3 Å². The quantitative estimate of drug-likeness (QED) is 0.607. The topological polar surface area (TPSA) is 17.1 Å². The van der Waals surface area contributed by atoms with Crippen LogP contribution < -0.4 is 0 Å². The van der Waals surface area contributed by atoms with Crippen LogP contribution in [-0.2, 0) is 4.79 Å². The van der Waals surface area contributed by atoms with Crippen molar-refractivity contribution in [3.8, 4) is 0 Å². The van der Waals surface area contributed by atoms with Gasteiger partial charge in [0, 0.05) is 11.3 Å². The van der Waals surface area contributed by atoms with Gasteiger partial charge in [0.1, 0.15) is 6.29 Å². The van der Waals surface area contributed by atoms with Gasteiger partial charge in [0.25, 0.3) is 0 Å². The van der Waals surface area contributed by atoms with Crippen LogP contribution in [0.2, 0.25) is 0 Å². The molecule has 1 nitrogen and oxygen atoms in total. The van der Waals surface area contributed by atoms with Crippen LogP contribution in [0.5, 0.6) is 0 Å². The van der Waals surface area contributed by atoms with E-state index in [1.54, 1.807) is 11.3 Å². The summed E-state index contributed by atoms with van der Waals surface area (Å²) < 4.78 is 0. The Kier molecular flexibility index (Phi) is 2.90. The van der Waals surface area contributed by atoms with E-state index in [4.69, 9.17) is 0 Å². The maximum Gasteiger partial charge on any atom is 0.123 e. The first-order valence-corrected chi connectivity index (χ1v) is 3.95. The Bertz CT molecular complexity index is 211. The standard InChI is InChI=1S/C8H8OS/c9-6-2-1-4-8-5-3-7-10-8/h1,3-7H,2H2. The summed E-state index contributed by atoms with van der Waals surface area (Å²) in [6, 6.07) is 4.01. The van der Waals surface area contributed by atoms with E-state index >= 15 is 0 Å². The van der Waals surface area contributed by atoms with Crippen molar-refractivity contribution in [2.24, 2.45) is 0 Å². The van der Waals surface area contributed by atoms with E-state index in [1.165, 1.54) is 4.88 Å². The molecule has 10 heavy (non-hydrogen) atoms. The van der Waals surface area contributed by atoms with Crippen molar-refractivity contribution in [3.05, 3.63) is 28.5 Å². The van der Waals surface area contributed by atoms with Crippen molar-refractivity contribution in [3.63, 3.8) is 0 Å². The monoisotopic (exact) mass is 152 g/mol. The smallest absolute Gasteiger partial charge is 0.123 e. The molecule has 0 saturated heterocycles. The van der Waals surface area contributed by atoms with E-state index in [0.29, 0.717) is 6.42 Å². The second-order valence-electron chi connectivity index (χ2n) is 1.82. The molecule has 1 heterocycles. The minimum atomic E-state index is 0.512. The zero-order valence-corrected chi connectivity index (χ0v) is 6.30. The van der Waals surface area contributed by atoms with Gasteiger partial charge >= 0.3 is 0 Å². The van der Waals surface area contributed by atoms with Crippen molar-refractivity contribution in [1.29, 1.82) is 0 Å². The lowest BCUT2D eigenvalue weighted by atomic mass is 10.3. The molecule has 0 atom stereocenters. The third-order valence-electron chi connectivity index (χ3n) is 1.06. The second-order valence-corrected chi connectivity index (χ2v) is 2.80. The molecule has 2 heteroatoms. The molecule has 0 aliphatic heterocycles. The van der Waals surface area contributed by atoms with Gasteiger partial charge in [-0.3, -0.25) is 0 Å². The Morgan fingerprint density at radius 1 is 1.60 bits per heavy atom.